The molecular weight excluding hydrogens is 248 g/mol. The lowest BCUT2D eigenvalue weighted by atomic mass is 10.0. The number of para-hydroxylation sites is 1. The molecule has 1 unspecified atom stereocenters. The summed E-state index contributed by atoms with van der Waals surface area (Å²) < 4.78 is 1.77. The molecule has 3 heteroatoms. The molecule has 0 saturated heterocycles. The van der Waals surface area contributed by atoms with Gasteiger partial charge in [-0.25, -0.2) is 4.68 Å². The van der Waals surface area contributed by atoms with Gasteiger partial charge >= 0.3 is 0 Å². The van der Waals surface area contributed by atoms with E-state index in [-0.39, 0.29) is 0 Å². The Bertz CT molecular complexity index is 687. The van der Waals surface area contributed by atoms with Crippen molar-refractivity contribution in [2.45, 2.75) is 13.0 Å². The van der Waals surface area contributed by atoms with Gasteiger partial charge in [-0.05, 0) is 30.7 Å². The van der Waals surface area contributed by atoms with E-state index >= 15 is 0 Å². The van der Waals surface area contributed by atoms with Crippen molar-refractivity contribution in [1.29, 1.82) is 0 Å². The van der Waals surface area contributed by atoms with Gasteiger partial charge in [0.15, 0.2) is 0 Å². The van der Waals surface area contributed by atoms with Crippen LogP contribution in [0.4, 0.5) is 0 Å². The van der Waals surface area contributed by atoms with Gasteiger partial charge in [-0.3, -0.25) is 0 Å². The third kappa shape index (κ3) is 2.36. The summed E-state index contributed by atoms with van der Waals surface area (Å²) in [7, 11) is 0. The summed E-state index contributed by atoms with van der Waals surface area (Å²) >= 11 is 0. The molecule has 0 fully saturated rings. The van der Waals surface area contributed by atoms with Crippen LogP contribution in [-0.2, 0) is 0 Å². The molecule has 3 rings (SSSR count). The Morgan fingerprint density at radius 3 is 2.35 bits per heavy atom. The predicted octanol–water partition coefficient (Wildman–Crippen LogP) is 3.26. The van der Waals surface area contributed by atoms with E-state index in [4.69, 9.17) is 0 Å². The Hall–Kier alpha value is -2.39. The number of aliphatic hydroxyl groups is 1. The molecule has 20 heavy (non-hydrogen) atoms. The molecule has 1 aromatic heterocycles. The van der Waals surface area contributed by atoms with Gasteiger partial charge in [-0.2, -0.15) is 5.10 Å². The van der Waals surface area contributed by atoms with Gasteiger partial charge in [0.1, 0.15) is 6.10 Å². The Kier molecular flexibility index (Phi) is 3.35. The second-order valence-corrected chi connectivity index (χ2v) is 4.82. The first-order chi connectivity index (χ1) is 9.75. The maximum absolute atomic E-state index is 10.6. The number of hydrogen-bond donors (Lipinski definition) is 1. The number of hydrogen-bond acceptors (Lipinski definition) is 2. The first-order valence-corrected chi connectivity index (χ1v) is 6.60. The highest BCUT2D eigenvalue weighted by Gasteiger charge is 2.16. The number of aliphatic hydroxyl groups excluding tert-OH is 1. The Balaban J connectivity index is 1.99. The molecule has 0 saturated carbocycles. The minimum atomic E-state index is -0.682. The molecule has 2 aromatic carbocycles. The van der Waals surface area contributed by atoms with Crippen LogP contribution < -0.4 is 0 Å². The number of nitrogens with zero attached hydrogens (tertiary/aromatic N) is 2. The van der Waals surface area contributed by atoms with Crippen LogP contribution in [0, 0.1) is 6.92 Å². The minimum Gasteiger partial charge on any atom is -0.382 e. The molecule has 1 atom stereocenters. The molecule has 0 radical (unpaired) electrons. The molecule has 3 nitrogen and oxygen atoms in total. The van der Waals surface area contributed by atoms with Crippen LogP contribution in [0.25, 0.3) is 5.69 Å². The fourth-order valence-electron chi connectivity index (χ4n) is 2.23. The summed E-state index contributed by atoms with van der Waals surface area (Å²) in [5.41, 5.74) is 3.75. The zero-order valence-electron chi connectivity index (χ0n) is 11.3. The van der Waals surface area contributed by atoms with E-state index in [2.05, 4.69) is 5.10 Å². The fraction of sp³-hybridized carbons (Fsp3) is 0.118. The van der Waals surface area contributed by atoms with Crippen LogP contribution in [0.2, 0.25) is 0 Å². The third-order valence-corrected chi connectivity index (χ3v) is 3.35. The number of aromatic nitrogens is 2. The Labute approximate surface area is 118 Å². The highest BCUT2D eigenvalue weighted by Crippen LogP contribution is 2.24. The summed E-state index contributed by atoms with van der Waals surface area (Å²) in [5, 5.41) is 14.9. The van der Waals surface area contributed by atoms with E-state index in [0.29, 0.717) is 0 Å². The Morgan fingerprint density at radius 1 is 0.950 bits per heavy atom. The predicted molar refractivity (Wildman–Crippen MR) is 78.8 cm³/mol. The first kappa shape index (κ1) is 12.6. The second kappa shape index (κ2) is 5.31. The van der Waals surface area contributed by atoms with Gasteiger partial charge in [0.2, 0.25) is 0 Å². The van der Waals surface area contributed by atoms with E-state index in [1.54, 1.807) is 10.9 Å². The molecule has 0 aliphatic carbocycles. The lowest BCUT2D eigenvalue weighted by Crippen LogP contribution is -2.08. The fourth-order valence-corrected chi connectivity index (χ4v) is 2.23. The van der Waals surface area contributed by atoms with E-state index < -0.39 is 6.10 Å². The maximum atomic E-state index is 10.6. The van der Waals surface area contributed by atoms with Crippen molar-refractivity contribution in [2.75, 3.05) is 0 Å². The van der Waals surface area contributed by atoms with Crippen LogP contribution in [0.15, 0.2) is 66.9 Å². The monoisotopic (exact) mass is 264 g/mol. The first-order valence-electron chi connectivity index (χ1n) is 6.60. The number of rotatable bonds is 3. The lowest BCUT2D eigenvalue weighted by Gasteiger charge is -2.14. The molecule has 1 heterocycles. The molecule has 0 aliphatic heterocycles. The van der Waals surface area contributed by atoms with E-state index in [1.165, 1.54) is 5.56 Å². The largest absolute Gasteiger partial charge is 0.382 e. The van der Waals surface area contributed by atoms with Gasteiger partial charge in [0.25, 0.3) is 0 Å². The van der Waals surface area contributed by atoms with Crippen molar-refractivity contribution in [3.8, 4) is 5.69 Å². The average Bonchev–Trinajstić information content (AvgIpc) is 2.97. The van der Waals surface area contributed by atoms with Crippen molar-refractivity contribution >= 4 is 0 Å². The van der Waals surface area contributed by atoms with Crippen molar-refractivity contribution < 1.29 is 5.11 Å². The van der Waals surface area contributed by atoms with Crippen LogP contribution in [0.5, 0.6) is 0 Å². The van der Waals surface area contributed by atoms with E-state index in [0.717, 1.165) is 16.9 Å². The molecule has 0 aliphatic rings. The second-order valence-electron chi connectivity index (χ2n) is 4.82. The highest BCUT2D eigenvalue weighted by atomic mass is 16.3. The molecule has 0 spiro atoms. The zero-order chi connectivity index (χ0) is 13.9. The van der Waals surface area contributed by atoms with Gasteiger partial charge < -0.3 is 5.11 Å². The van der Waals surface area contributed by atoms with Crippen LogP contribution in [0.3, 0.4) is 0 Å². The summed E-state index contributed by atoms with van der Waals surface area (Å²) in [5.74, 6) is 0. The third-order valence-electron chi connectivity index (χ3n) is 3.35. The molecule has 1 N–H and O–H groups in total. The van der Waals surface area contributed by atoms with Crippen LogP contribution in [-0.4, -0.2) is 14.9 Å². The summed E-state index contributed by atoms with van der Waals surface area (Å²) in [6, 6.07) is 19.6. The lowest BCUT2D eigenvalue weighted by molar-refractivity contribution is 0.212. The average molecular weight is 264 g/mol. The normalized spacial score (nSPS) is 12.3. The quantitative estimate of drug-likeness (QED) is 0.788. The Morgan fingerprint density at radius 2 is 1.65 bits per heavy atom. The van der Waals surface area contributed by atoms with Gasteiger partial charge in [-0.15, -0.1) is 0 Å². The van der Waals surface area contributed by atoms with Crippen molar-refractivity contribution in [2.24, 2.45) is 0 Å². The van der Waals surface area contributed by atoms with Crippen molar-refractivity contribution in [3.63, 3.8) is 0 Å². The minimum absolute atomic E-state index is 0.682. The molecule has 100 valence electrons. The summed E-state index contributed by atoms with van der Waals surface area (Å²) in [6.45, 7) is 2.03. The van der Waals surface area contributed by atoms with Gasteiger partial charge in [-0.1, -0.05) is 48.0 Å². The smallest absolute Gasteiger partial charge is 0.121 e. The number of benzene rings is 2. The molecule has 3 aromatic rings. The molecule has 0 amide bonds. The van der Waals surface area contributed by atoms with Crippen LogP contribution in [0.1, 0.15) is 22.9 Å². The number of aryl methyl sites for hydroxylation is 1. The SMILES string of the molecule is Cc1ccc(C(O)c2ccnn2-c2ccccc2)cc1. The highest BCUT2D eigenvalue weighted by molar-refractivity contribution is 5.36. The van der Waals surface area contributed by atoms with Gasteiger partial charge in [0.05, 0.1) is 11.4 Å². The van der Waals surface area contributed by atoms with E-state index in [1.807, 2.05) is 67.6 Å². The zero-order valence-corrected chi connectivity index (χ0v) is 11.3. The summed E-state index contributed by atoms with van der Waals surface area (Å²) in [6.07, 6.45) is 1.03. The maximum Gasteiger partial charge on any atom is 0.121 e. The molecular formula is C17H16N2O. The van der Waals surface area contributed by atoms with Gasteiger partial charge in [0, 0.05) is 6.20 Å². The molecule has 0 bridgehead atoms. The van der Waals surface area contributed by atoms with E-state index in [9.17, 15) is 5.11 Å². The van der Waals surface area contributed by atoms with Crippen molar-refractivity contribution in [1.82, 2.24) is 9.78 Å². The topological polar surface area (TPSA) is 38.1 Å². The summed E-state index contributed by atoms with van der Waals surface area (Å²) in [4.78, 5) is 0. The van der Waals surface area contributed by atoms with Crippen LogP contribution >= 0.6 is 0 Å². The van der Waals surface area contributed by atoms with Crippen molar-refractivity contribution in [3.05, 3.63) is 83.7 Å². The standard InChI is InChI=1S/C17H16N2O/c1-13-7-9-14(10-8-13)17(20)16-11-12-18-19(16)15-5-3-2-4-6-15/h2-12,17,20H,1H3.